The maximum absolute atomic E-state index is 14.6. The number of alkyl halides is 1. The zero-order valence-electron chi connectivity index (χ0n) is 20.6. The lowest BCUT2D eigenvalue weighted by molar-refractivity contribution is 0.149. The Hall–Kier alpha value is -3.55. The molecule has 1 aromatic heterocycles. The Morgan fingerprint density at radius 1 is 1.31 bits per heavy atom. The average molecular weight is 512 g/mol. The minimum atomic E-state index is -3.34. The summed E-state index contributed by atoms with van der Waals surface area (Å²) < 4.78 is 45.1. The molecule has 1 aliphatic heterocycles. The number of hydrogen-bond acceptors (Lipinski definition) is 7. The lowest BCUT2D eigenvalue weighted by atomic mass is 10.0. The summed E-state index contributed by atoms with van der Waals surface area (Å²) in [4.78, 5) is 2.17. The first kappa shape index (κ1) is 25.5. The smallest absolute Gasteiger partial charge is 0.175 e. The van der Waals surface area contributed by atoms with Gasteiger partial charge in [0.1, 0.15) is 17.4 Å². The van der Waals surface area contributed by atoms with E-state index in [2.05, 4.69) is 34.3 Å². The van der Waals surface area contributed by atoms with E-state index in [0.717, 1.165) is 29.6 Å². The van der Waals surface area contributed by atoms with Gasteiger partial charge in [0.05, 0.1) is 41.7 Å². The van der Waals surface area contributed by atoms with Crippen molar-refractivity contribution in [1.29, 1.82) is 0 Å². The van der Waals surface area contributed by atoms with Crippen LogP contribution in [0.3, 0.4) is 0 Å². The molecule has 2 heterocycles. The number of nitrogens with one attached hydrogen (secondary N) is 2. The topological polar surface area (TPSA) is 88.5 Å². The molecule has 1 saturated heterocycles. The van der Waals surface area contributed by atoms with Crippen molar-refractivity contribution >= 4 is 38.2 Å². The van der Waals surface area contributed by atoms with Gasteiger partial charge in [-0.15, -0.1) is 0 Å². The van der Waals surface area contributed by atoms with Crippen LogP contribution in [-0.4, -0.2) is 75.4 Å². The molecule has 2 atom stereocenters. The zero-order valence-corrected chi connectivity index (χ0v) is 21.4. The summed E-state index contributed by atoms with van der Waals surface area (Å²) in [6.07, 6.45) is 2.59. The number of fused-ring (bicyclic) bond motifs is 1. The molecule has 2 N–H and O–H groups in total. The number of likely N-dealkylation sites (tertiary alicyclic amines) is 1. The van der Waals surface area contributed by atoms with Crippen LogP contribution in [0.5, 0.6) is 5.75 Å². The van der Waals surface area contributed by atoms with Crippen molar-refractivity contribution < 1.29 is 17.5 Å². The lowest BCUT2D eigenvalue weighted by Gasteiger charge is -2.33. The zero-order chi connectivity index (χ0) is 25.9. The molecule has 0 aliphatic carbocycles. The Balaban J connectivity index is 1.54. The number of hydrogen-bond donors (Lipinski definition) is 2. The van der Waals surface area contributed by atoms with Gasteiger partial charge in [-0.3, -0.25) is 0 Å². The maximum Gasteiger partial charge on any atom is 0.175 e. The minimum absolute atomic E-state index is 0.179. The van der Waals surface area contributed by atoms with Crippen LogP contribution in [0.25, 0.3) is 17.0 Å². The van der Waals surface area contributed by atoms with Gasteiger partial charge in [0, 0.05) is 36.8 Å². The number of rotatable bonds is 7. The standard InChI is InChI=1S/C26H30FN5O3S/c1-5-24-19-8-6-9-23(29-21-12-15-31(2)17-20(21)27)26(19)30-32(24)14-7-13-28-22-11-10-18(36(4,33)34)16-25(22)35-3/h5-6,8-11,16,20-21,28-29H,1,12-13,15,17H2,2-4H3/t20-,21+/m0/s1. The number of anilines is 2. The third-order valence-electron chi connectivity index (χ3n) is 6.17. The Morgan fingerprint density at radius 3 is 2.81 bits per heavy atom. The van der Waals surface area contributed by atoms with Crippen LogP contribution in [0.15, 0.2) is 47.9 Å². The summed E-state index contributed by atoms with van der Waals surface area (Å²) in [6, 6.07) is 13.1. The summed E-state index contributed by atoms with van der Waals surface area (Å²) >= 11 is 0. The van der Waals surface area contributed by atoms with Crippen molar-refractivity contribution in [2.24, 2.45) is 0 Å². The highest BCUT2D eigenvalue weighted by atomic mass is 32.2. The first-order valence-corrected chi connectivity index (χ1v) is 13.4. The highest BCUT2D eigenvalue weighted by molar-refractivity contribution is 7.90. The molecule has 1 aliphatic rings. The molecule has 190 valence electrons. The molecule has 10 heteroatoms. The SMILES string of the molecule is C=Cc1c2cccc(N[C@@H]3CCN(C)C[C@@H]3F)c2nn1C#CCNc1ccc(S(C)(=O)=O)cc1OC. The average Bonchev–Trinajstić information content (AvgIpc) is 3.21. The summed E-state index contributed by atoms with van der Waals surface area (Å²) in [5.74, 6) is 3.44. The van der Waals surface area contributed by atoms with E-state index in [-0.39, 0.29) is 17.5 Å². The van der Waals surface area contributed by atoms with E-state index in [4.69, 9.17) is 4.74 Å². The summed E-state index contributed by atoms with van der Waals surface area (Å²) in [5.41, 5.74) is 2.84. The van der Waals surface area contributed by atoms with Gasteiger partial charge in [0.2, 0.25) is 0 Å². The summed E-state index contributed by atoms with van der Waals surface area (Å²) in [7, 11) is 0.0674. The van der Waals surface area contributed by atoms with E-state index >= 15 is 0 Å². The molecule has 0 radical (unpaired) electrons. The largest absolute Gasteiger partial charge is 0.495 e. The van der Waals surface area contributed by atoms with E-state index in [1.54, 1.807) is 16.8 Å². The number of halogens is 1. The Morgan fingerprint density at radius 2 is 2.11 bits per heavy atom. The minimum Gasteiger partial charge on any atom is -0.495 e. The number of piperidine rings is 1. The van der Waals surface area contributed by atoms with Crippen molar-refractivity contribution in [3.05, 3.63) is 48.7 Å². The first-order valence-electron chi connectivity index (χ1n) is 11.6. The van der Waals surface area contributed by atoms with Gasteiger partial charge in [-0.1, -0.05) is 24.6 Å². The third kappa shape index (κ3) is 5.48. The highest BCUT2D eigenvalue weighted by Gasteiger charge is 2.28. The van der Waals surface area contributed by atoms with Crippen LogP contribution in [0.4, 0.5) is 15.8 Å². The van der Waals surface area contributed by atoms with Gasteiger partial charge in [-0.25, -0.2) is 12.8 Å². The third-order valence-corrected chi connectivity index (χ3v) is 7.28. The molecule has 2 aromatic carbocycles. The van der Waals surface area contributed by atoms with E-state index in [1.807, 2.05) is 30.1 Å². The molecular weight excluding hydrogens is 481 g/mol. The number of aromatic nitrogens is 2. The fourth-order valence-electron chi connectivity index (χ4n) is 4.25. The van der Waals surface area contributed by atoms with E-state index < -0.39 is 16.0 Å². The molecule has 36 heavy (non-hydrogen) atoms. The molecule has 8 nitrogen and oxygen atoms in total. The van der Waals surface area contributed by atoms with Crippen LogP contribution < -0.4 is 15.4 Å². The molecule has 0 saturated carbocycles. The number of sulfone groups is 1. The van der Waals surface area contributed by atoms with Crippen molar-refractivity contribution in [2.45, 2.75) is 23.5 Å². The number of benzene rings is 2. The summed E-state index contributed by atoms with van der Waals surface area (Å²) in [6.45, 7) is 5.42. The van der Waals surface area contributed by atoms with Gasteiger partial charge in [-0.05, 0) is 37.7 Å². The number of nitrogens with zero attached hydrogens (tertiary/aromatic N) is 3. The van der Waals surface area contributed by atoms with Gasteiger partial charge in [0.25, 0.3) is 0 Å². The van der Waals surface area contributed by atoms with Crippen LogP contribution in [0, 0.1) is 12.0 Å². The second kappa shape index (κ2) is 10.6. The molecule has 1 fully saturated rings. The van der Waals surface area contributed by atoms with Crippen molar-refractivity contribution in [3.63, 3.8) is 0 Å². The van der Waals surface area contributed by atoms with Gasteiger partial charge in [0.15, 0.2) is 9.84 Å². The normalized spacial score (nSPS) is 18.3. The highest BCUT2D eigenvalue weighted by Crippen LogP contribution is 2.29. The lowest BCUT2D eigenvalue weighted by Crippen LogP contribution is -2.46. The molecule has 0 bridgehead atoms. The first-order chi connectivity index (χ1) is 17.2. The molecule has 0 amide bonds. The molecule has 0 unspecified atom stereocenters. The van der Waals surface area contributed by atoms with Crippen LogP contribution in [0.1, 0.15) is 12.1 Å². The van der Waals surface area contributed by atoms with Gasteiger partial charge in [-0.2, -0.15) is 9.78 Å². The van der Waals surface area contributed by atoms with Gasteiger partial charge < -0.3 is 20.3 Å². The fourth-order valence-corrected chi connectivity index (χ4v) is 4.88. The van der Waals surface area contributed by atoms with E-state index in [9.17, 15) is 12.8 Å². The van der Waals surface area contributed by atoms with Crippen LogP contribution in [0.2, 0.25) is 0 Å². The monoisotopic (exact) mass is 511 g/mol. The molecular formula is C26H30FN5O3S. The Labute approximate surface area is 211 Å². The number of methoxy groups -OCH3 is 1. The Bertz CT molecular complexity index is 1440. The summed E-state index contributed by atoms with van der Waals surface area (Å²) in [5, 5.41) is 12.0. The van der Waals surface area contributed by atoms with Crippen molar-refractivity contribution in [1.82, 2.24) is 14.7 Å². The second-order valence-corrected chi connectivity index (χ2v) is 10.8. The Kier molecular flexibility index (Phi) is 7.52. The quantitative estimate of drug-likeness (QED) is 0.470. The number of ether oxygens (including phenoxy) is 1. The predicted octanol–water partition coefficient (Wildman–Crippen LogP) is 3.47. The predicted molar refractivity (Wildman–Crippen MR) is 142 cm³/mol. The maximum atomic E-state index is 14.6. The van der Waals surface area contributed by atoms with Gasteiger partial charge >= 0.3 is 0 Å². The second-order valence-electron chi connectivity index (χ2n) is 8.80. The van der Waals surface area contributed by atoms with Crippen molar-refractivity contribution in [2.75, 3.05) is 50.7 Å². The van der Waals surface area contributed by atoms with Crippen LogP contribution in [-0.2, 0) is 9.84 Å². The fraction of sp³-hybridized carbons (Fsp3) is 0.346. The molecule has 4 rings (SSSR count). The van der Waals surface area contributed by atoms with Crippen LogP contribution >= 0.6 is 0 Å². The van der Waals surface area contributed by atoms with E-state index in [1.165, 1.54) is 19.2 Å². The molecule has 3 aromatic rings. The molecule has 0 spiro atoms. The van der Waals surface area contributed by atoms with E-state index in [0.29, 0.717) is 29.9 Å². The van der Waals surface area contributed by atoms with Crippen molar-refractivity contribution in [3.8, 4) is 17.7 Å².